The summed E-state index contributed by atoms with van der Waals surface area (Å²) in [6, 6.07) is 6.12. The molecule has 5 heteroatoms. The van der Waals surface area contributed by atoms with E-state index in [0.717, 1.165) is 17.6 Å². The molecule has 0 spiro atoms. The molecule has 1 aromatic carbocycles. The Labute approximate surface area is 136 Å². The number of nitrogens with two attached hydrogens (primary N) is 1. The van der Waals surface area contributed by atoms with Crippen LogP contribution in [0.4, 0.5) is 0 Å². The van der Waals surface area contributed by atoms with Gasteiger partial charge in [0.25, 0.3) is 5.91 Å². The van der Waals surface area contributed by atoms with Crippen LogP contribution in [0.2, 0.25) is 0 Å². The molecule has 0 radical (unpaired) electrons. The minimum Gasteiger partial charge on any atom is -0.297 e. The highest BCUT2D eigenvalue weighted by atomic mass is 79.9. The minimum atomic E-state index is -0.272. The van der Waals surface area contributed by atoms with Crippen LogP contribution in [-0.4, -0.2) is 23.4 Å². The lowest BCUT2D eigenvalue weighted by Crippen LogP contribution is -2.32. The number of halogens is 1. The zero-order chi connectivity index (χ0) is 15.8. The highest BCUT2D eigenvalue weighted by molar-refractivity contribution is 9.10. The van der Waals surface area contributed by atoms with Crippen LogP contribution >= 0.6 is 15.9 Å². The van der Waals surface area contributed by atoms with Crippen LogP contribution < -0.4 is 11.3 Å². The third kappa shape index (κ3) is 5.77. The largest absolute Gasteiger partial charge is 0.297 e. The first-order valence-corrected chi connectivity index (χ1v) is 8.32. The number of carbonyl (C=O) groups excluding carboxylic acids is 1. The van der Waals surface area contributed by atoms with Crippen molar-refractivity contribution >= 4 is 21.8 Å². The first-order chi connectivity index (χ1) is 9.99. The first kappa shape index (κ1) is 18.1. The van der Waals surface area contributed by atoms with E-state index < -0.39 is 0 Å². The Hall–Kier alpha value is -0.910. The maximum Gasteiger partial charge on any atom is 0.265 e. The average molecular weight is 356 g/mol. The highest BCUT2D eigenvalue weighted by Gasteiger charge is 2.13. The zero-order valence-electron chi connectivity index (χ0n) is 13.2. The highest BCUT2D eigenvalue weighted by Crippen LogP contribution is 2.21. The Kier molecular flexibility index (Phi) is 7.93. The van der Waals surface area contributed by atoms with Crippen LogP contribution in [0.25, 0.3) is 0 Å². The number of nitrogen functional groups attached to an aromatic ring is 1. The Morgan fingerprint density at radius 2 is 2.10 bits per heavy atom. The van der Waals surface area contributed by atoms with E-state index in [2.05, 4.69) is 47.0 Å². The quantitative estimate of drug-likeness (QED) is 0.325. The molecule has 0 bridgehead atoms. The molecule has 0 atom stereocenters. The van der Waals surface area contributed by atoms with Crippen molar-refractivity contribution in [2.45, 2.75) is 52.6 Å². The maximum absolute atomic E-state index is 11.5. The summed E-state index contributed by atoms with van der Waals surface area (Å²) in [5, 5.41) is 0. The molecule has 0 fully saturated rings. The number of hydrogen-bond acceptors (Lipinski definition) is 3. The zero-order valence-corrected chi connectivity index (χ0v) is 14.7. The van der Waals surface area contributed by atoms with Gasteiger partial charge in [-0.05, 0) is 44.5 Å². The van der Waals surface area contributed by atoms with Crippen molar-refractivity contribution in [2.75, 3.05) is 6.54 Å². The summed E-state index contributed by atoms with van der Waals surface area (Å²) >= 11 is 3.56. The second-order valence-corrected chi connectivity index (χ2v) is 6.41. The lowest BCUT2D eigenvalue weighted by molar-refractivity contribution is 0.0953. The van der Waals surface area contributed by atoms with Crippen molar-refractivity contribution < 1.29 is 4.79 Å². The van der Waals surface area contributed by atoms with Gasteiger partial charge in [0, 0.05) is 22.6 Å². The van der Waals surface area contributed by atoms with Gasteiger partial charge in [0.1, 0.15) is 0 Å². The lowest BCUT2D eigenvalue weighted by Gasteiger charge is -2.27. The third-order valence-electron chi connectivity index (χ3n) is 3.60. The first-order valence-electron chi connectivity index (χ1n) is 7.53. The topological polar surface area (TPSA) is 58.4 Å². The maximum atomic E-state index is 11.5. The number of benzene rings is 1. The van der Waals surface area contributed by atoms with E-state index in [1.807, 2.05) is 18.2 Å². The molecule has 0 heterocycles. The average Bonchev–Trinajstić information content (AvgIpc) is 2.46. The van der Waals surface area contributed by atoms with Crippen LogP contribution in [0, 0.1) is 0 Å². The fourth-order valence-corrected chi connectivity index (χ4v) is 2.71. The second kappa shape index (κ2) is 9.18. The van der Waals surface area contributed by atoms with Crippen molar-refractivity contribution in [2.24, 2.45) is 5.84 Å². The molecule has 0 unspecified atom stereocenters. The molecule has 118 valence electrons. The fraction of sp³-hybridized carbons (Fsp3) is 0.562. The summed E-state index contributed by atoms with van der Waals surface area (Å²) in [5.74, 6) is 4.89. The number of hydrazine groups is 1. The van der Waals surface area contributed by atoms with Crippen molar-refractivity contribution in [3.63, 3.8) is 0 Å². The van der Waals surface area contributed by atoms with E-state index in [4.69, 9.17) is 5.84 Å². The molecular weight excluding hydrogens is 330 g/mol. The number of carbonyl (C=O) groups is 1. The summed E-state index contributed by atoms with van der Waals surface area (Å²) < 4.78 is 0.949. The van der Waals surface area contributed by atoms with Gasteiger partial charge in [-0.15, -0.1) is 0 Å². The van der Waals surface area contributed by atoms with Crippen molar-refractivity contribution in [3.8, 4) is 0 Å². The number of nitrogens with zero attached hydrogens (tertiary/aromatic N) is 1. The van der Waals surface area contributed by atoms with Crippen LogP contribution in [0.3, 0.4) is 0 Å². The van der Waals surface area contributed by atoms with E-state index >= 15 is 0 Å². The summed E-state index contributed by atoms with van der Waals surface area (Å²) in [6.45, 7) is 8.64. The van der Waals surface area contributed by atoms with Gasteiger partial charge in [-0.3, -0.25) is 15.1 Å². The summed E-state index contributed by atoms with van der Waals surface area (Å²) in [5.41, 5.74) is 3.90. The van der Waals surface area contributed by atoms with Crippen LogP contribution in [0.5, 0.6) is 0 Å². The summed E-state index contributed by atoms with van der Waals surface area (Å²) in [6.07, 6.45) is 3.72. The van der Waals surface area contributed by atoms with E-state index in [1.165, 1.54) is 24.8 Å². The van der Waals surface area contributed by atoms with Crippen LogP contribution in [-0.2, 0) is 6.54 Å². The number of rotatable bonds is 8. The molecule has 21 heavy (non-hydrogen) atoms. The minimum absolute atomic E-state index is 0.272. The lowest BCUT2D eigenvalue weighted by atomic mass is 10.1. The van der Waals surface area contributed by atoms with E-state index in [-0.39, 0.29) is 5.91 Å². The normalized spacial score (nSPS) is 11.2. The van der Waals surface area contributed by atoms with E-state index in [9.17, 15) is 4.79 Å². The molecular formula is C16H26BrN3O. The molecule has 1 aromatic rings. The fourth-order valence-electron chi connectivity index (χ4n) is 2.20. The number of nitrogens with one attached hydrogen (secondary N) is 1. The van der Waals surface area contributed by atoms with Gasteiger partial charge in [0.2, 0.25) is 0 Å². The van der Waals surface area contributed by atoms with Gasteiger partial charge in [-0.25, -0.2) is 5.84 Å². The smallest absolute Gasteiger partial charge is 0.265 e. The summed E-state index contributed by atoms with van der Waals surface area (Å²) in [7, 11) is 0. The Balaban J connectivity index is 2.77. The molecule has 0 aliphatic heterocycles. The Bertz CT molecular complexity index is 463. The van der Waals surface area contributed by atoms with Gasteiger partial charge in [-0.1, -0.05) is 41.8 Å². The molecule has 0 aliphatic carbocycles. The molecule has 1 rings (SSSR count). The Morgan fingerprint density at radius 3 is 2.62 bits per heavy atom. The molecule has 1 amide bonds. The molecule has 0 aliphatic rings. The molecule has 4 nitrogen and oxygen atoms in total. The van der Waals surface area contributed by atoms with Gasteiger partial charge in [-0.2, -0.15) is 0 Å². The SMILES string of the molecule is CCCCCN(Cc1ccc(C(=O)NN)cc1Br)C(C)C. The number of unbranched alkanes of at least 4 members (excludes halogenated alkanes) is 2. The van der Waals surface area contributed by atoms with Gasteiger partial charge < -0.3 is 0 Å². The van der Waals surface area contributed by atoms with Crippen molar-refractivity contribution in [1.29, 1.82) is 0 Å². The van der Waals surface area contributed by atoms with E-state index in [1.54, 1.807) is 0 Å². The van der Waals surface area contributed by atoms with Crippen molar-refractivity contribution in [3.05, 3.63) is 33.8 Å². The van der Waals surface area contributed by atoms with Crippen LogP contribution in [0.1, 0.15) is 56.0 Å². The predicted molar refractivity (Wildman–Crippen MR) is 90.9 cm³/mol. The predicted octanol–water partition coefficient (Wildman–Crippen LogP) is 3.45. The van der Waals surface area contributed by atoms with Crippen LogP contribution in [0.15, 0.2) is 22.7 Å². The van der Waals surface area contributed by atoms with Gasteiger partial charge in [0.05, 0.1) is 0 Å². The number of amides is 1. The van der Waals surface area contributed by atoms with E-state index in [0.29, 0.717) is 11.6 Å². The molecule has 0 saturated heterocycles. The van der Waals surface area contributed by atoms with Gasteiger partial charge in [0.15, 0.2) is 0 Å². The molecule has 0 saturated carbocycles. The summed E-state index contributed by atoms with van der Waals surface area (Å²) in [4.78, 5) is 14.0. The number of hydrogen-bond donors (Lipinski definition) is 2. The third-order valence-corrected chi connectivity index (χ3v) is 4.34. The van der Waals surface area contributed by atoms with Gasteiger partial charge >= 0.3 is 0 Å². The molecule has 3 N–H and O–H groups in total. The van der Waals surface area contributed by atoms with Crippen molar-refractivity contribution in [1.82, 2.24) is 10.3 Å². The standard InChI is InChI=1S/C16H26BrN3O/c1-4-5-6-9-20(12(2)3)11-14-8-7-13(10-15(14)17)16(21)19-18/h7-8,10,12H,4-6,9,11,18H2,1-3H3,(H,19,21). The Morgan fingerprint density at radius 1 is 1.38 bits per heavy atom. The monoisotopic (exact) mass is 355 g/mol. The molecule has 0 aromatic heterocycles. The second-order valence-electron chi connectivity index (χ2n) is 5.55.